The lowest BCUT2D eigenvalue weighted by molar-refractivity contribution is -0.126. The molecular formula is C16H19N3O3S. The van der Waals surface area contributed by atoms with E-state index in [2.05, 4.69) is 15.6 Å². The number of hydrogen-bond acceptors (Lipinski definition) is 5. The molecule has 0 bridgehead atoms. The van der Waals surface area contributed by atoms with Gasteiger partial charge in [-0.05, 0) is 30.9 Å². The molecule has 2 aromatic rings. The summed E-state index contributed by atoms with van der Waals surface area (Å²) in [6, 6.07) is 3.12. The van der Waals surface area contributed by atoms with E-state index in [9.17, 15) is 9.59 Å². The summed E-state index contributed by atoms with van der Waals surface area (Å²) in [5, 5.41) is 7.94. The molecule has 1 atom stereocenters. The van der Waals surface area contributed by atoms with Gasteiger partial charge in [-0.25, -0.2) is 4.98 Å². The number of aromatic nitrogens is 1. The number of nitrogens with zero attached hydrogens (tertiary/aromatic N) is 1. The van der Waals surface area contributed by atoms with Crippen molar-refractivity contribution in [3.8, 4) is 11.5 Å². The van der Waals surface area contributed by atoms with Gasteiger partial charge in [0.15, 0.2) is 10.9 Å². The highest BCUT2D eigenvalue weighted by atomic mass is 32.1. The molecule has 0 unspecified atom stereocenters. The number of thiazole rings is 1. The van der Waals surface area contributed by atoms with E-state index in [4.69, 9.17) is 4.42 Å². The van der Waals surface area contributed by atoms with Gasteiger partial charge in [0, 0.05) is 12.3 Å². The second-order valence-corrected chi connectivity index (χ2v) is 6.59. The lowest BCUT2D eigenvalue weighted by Gasteiger charge is -2.22. The van der Waals surface area contributed by atoms with Crippen molar-refractivity contribution in [3.63, 3.8) is 0 Å². The van der Waals surface area contributed by atoms with Gasteiger partial charge < -0.3 is 15.1 Å². The van der Waals surface area contributed by atoms with Crippen LogP contribution in [0.15, 0.2) is 28.2 Å². The van der Waals surface area contributed by atoms with Gasteiger partial charge in [0.2, 0.25) is 11.8 Å². The van der Waals surface area contributed by atoms with E-state index in [1.807, 2.05) is 11.4 Å². The number of rotatable bonds is 5. The Hall–Kier alpha value is -2.15. The molecule has 2 amide bonds. The highest BCUT2D eigenvalue weighted by Crippen LogP contribution is 2.29. The molecule has 0 spiro atoms. The largest absolute Gasteiger partial charge is 0.463 e. The van der Waals surface area contributed by atoms with Crippen LogP contribution in [0, 0.1) is 5.92 Å². The fourth-order valence-electron chi connectivity index (χ4n) is 2.96. The maximum Gasteiger partial charge on any atom is 0.249 e. The van der Waals surface area contributed by atoms with Crippen molar-refractivity contribution in [1.82, 2.24) is 10.3 Å². The minimum absolute atomic E-state index is 0.188. The van der Waals surface area contributed by atoms with Gasteiger partial charge in [-0.15, -0.1) is 11.3 Å². The Morgan fingerprint density at radius 2 is 2.17 bits per heavy atom. The average molecular weight is 333 g/mol. The van der Waals surface area contributed by atoms with Crippen LogP contribution in [0.2, 0.25) is 0 Å². The standard InChI is InChI=1S/C16H19N3O3S/c1-10(20)17-14(11-5-2-3-6-11)15(21)19-16-18-12(9-23-16)13-7-4-8-22-13/h4,7-9,11,14H,2-3,5-6H2,1H3,(H,17,20)(H,18,19,21)/t14-/m1/s1. The zero-order valence-corrected chi connectivity index (χ0v) is 13.7. The fourth-order valence-corrected chi connectivity index (χ4v) is 3.66. The number of furan rings is 1. The predicted octanol–water partition coefficient (Wildman–Crippen LogP) is 3.04. The smallest absolute Gasteiger partial charge is 0.249 e. The molecule has 2 heterocycles. The summed E-state index contributed by atoms with van der Waals surface area (Å²) in [6.07, 6.45) is 5.73. The Balaban J connectivity index is 1.69. The summed E-state index contributed by atoms with van der Waals surface area (Å²) in [7, 11) is 0. The Kier molecular flexibility index (Phi) is 4.76. The molecule has 2 aromatic heterocycles. The third-order valence-electron chi connectivity index (χ3n) is 4.02. The maximum absolute atomic E-state index is 12.5. The third kappa shape index (κ3) is 3.79. The summed E-state index contributed by atoms with van der Waals surface area (Å²) >= 11 is 1.34. The van der Waals surface area contributed by atoms with Crippen LogP contribution in [-0.4, -0.2) is 22.8 Å². The van der Waals surface area contributed by atoms with E-state index >= 15 is 0 Å². The molecule has 0 aromatic carbocycles. The lowest BCUT2D eigenvalue weighted by atomic mass is 9.97. The van der Waals surface area contributed by atoms with E-state index in [1.165, 1.54) is 18.3 Å². The van der Waals surface area contributed by atoms with Crippen LogP contribution in [-0.2, 0) is 9.59 Å². The van der Waals surface area contributed by atoms with Crippen LogP contribution < -0.4 is 10.6 Å². The monoisotopic (exact) mass is 333 g/mol. The molecule has 6 nitrogen and oxygen atoms in total. The topological polar surface area (TPSA) is 84.2 Å². The molecule has 23 heavy (non-hydrogen) atoms. The quantitative estimate of drug-likeness (QED) is 0.881. The van der Waals surface area contributed by atoms with Crippen molar-refractivity contribution in [2.75, 3.05) is 5.32 Å². The van der Waals surface area contributed by atoms with Crippen molar-refractivity contribution < 1.29 is 14.0 Å². The molecule has 1 aliphatic carbocycles. The van der Waals surface area contributed by atoms with Crippen LogP contribution in [0.1, 0.15) is 32.6 Å². The first-order valence-corrected chi connectivity index (χ1v) is 8.59. The summed E-state index contributed by atoms with van der Waals surface area (Å²) in [4.78, 5) is 28.3. The first-order chi connectivity index (χ1) is 11.1. The molecule has 1 fully saturated rings. The van der Waals surface area contributed by atoms with Crippen molar-refractivity contribution in [3.05, 3.63) is 23.8 Å². The lowest BCUT2D eigenvalue weighted by Crippen LogP contribution is -2.47. The predicted molar refractivity (Wildman–Crippen MR) is 88.0 cm³/mol. The van der Waals surface area contributed by atoms with Gasteiger partial charge >= 0.3 is 0 Å². The second-order valence-electron chi connectivity index (χ2n) is 5.73. The van der Waals surface area contributed by atoms with Gasteiger partial charge in [0.05, 0.1) is 6.26 Å². The molecule has 1 saturated carbocycles. The Morgan fingerprint density at radius 1 is 1.39 bits per heavy atom. The first kappa shape index (κ1) is 15.7. The van der Waals surface area contributed by atoms with Crippen LogP contribution >= 0.6 is 11.3 Å². The Bertz CT molecular complexity index is 675. The van der Waals surface area contributed by atoms with E-state index in [1.54, 1.807) is 12.3 Å². The van der Waals surface area contributed by atoms with Gasteiger partial charge in [-0.1, -0.05) is 12.8 Å². The summed E-state index contributed by atoms with van der Waals surface area (Å²) < 4.78 is 5.29. The van der Waals surface area contributed by atoms with Gasteiger partial charge in [0.25, 0.3) is 0 Å². The molecular weight excluding hydrogens is 314 g/mol. The molecule has 0 radical (unpaired) electrons. The van der Waals surface area contributed by atoms with E-state index in [0.717, 1.165) is 25.7 Å². The number of hydrogen-bond donors (Lipinski definition) is 2. The second kappa shape index (κ2) is 6.95. The fraction of sp³-hybridized carbons (Fsp3) is 0.438. The van der Waals surface area contributed by atoms with E-state index < -0.39 is 6.04 Å². The highest BCUT2D eigenvalue weighted by molar-refractivity contribution is 7.14. The number of nitrogens with one attached hydrogen (secondary N) is 2. The van der Waals surface area contributed by atoms with Crippen LogP contribution in [0.3, 0.4) is 0 Å². The summed E-state index contributed by atoms with van der Waals surface area (Å²) in [6.45, 7) is 1.44. The number of anilines is 1. The normalized spacial score (nSPS) is 16.2. The summed E-state index contributed by atoms with van der Waals surface area (Å²) in [5.41, 5.74) is 0.687. The Labute approximate surface area is 138 Å². The van der Waals surface area contributed by atoms with Gasteiger partial charge in [-0.2, -0.15) is 0 Å². The SMILES string of the molecule is CC(=O)N[C@@H](C(=O)Nc1nc(-c2ccco2)cs1)C1CCCC1. The van der Waals surface area contributed by atoms with Crippen molar-refractivity contribution in [2.24, 2.45) is 5.92 Å². The minimum Gasteiger partial charge on any atom is -0.463 e. The number of carbonyl (C=O) groups is 2. The maximum atomic E-state index is 12.5. The molecule has 2 N–H and O–H groups in total. The van der Waals surface area contributed by atoms with Crippen LogP contribution in [0.4, 0.5) is 5.13 Å². The van der Waals surface area contributed by atoms with Gasteiger partial charge in [-0.3, -0.25) is 9.59 Å². The number of carbonyl (C=O) groups excluding carboxylic acids is 2. The van der Waals surface area contributed by atoms with Crippen molar-refractivity contribution in [1.29, 1.82) is 0 Å². The molecule has 3 rings (SSSR count). The van der Waals surface area contributed by atoms with E-state index in [-0.39, 0.29) is 17.7 Å². The molecule has 7 heteroatoms. The zero-order valence-electron chi connectivity index (χ0n) is 12.9. The van der Waals surface area contributed by atoms with Gasteiger partial charge in [0.1, 0.15) is 11.7 Å². The van der Waals surface area contributed by atoms with Crippen molar-refractivity contribution >= 4 is 28.3 Å². The highest BCUT2D eigenvalue weighted by Gasteiger charge is 2.31. The minimum atomic E-state index is -0.494. The molecule has 0 saturated heterocycles. The average Bonchev–Trinajstić information content (AvgIpc) is 3.25. The summed E-state index contributed by atoms with van der Waals surface area (Å²) in [5.74, 6) is 0.472. The Morgan fingerprint density at radius 3 is 2.83 bits per heavy atom. The molecule has 0 aliphatic heterocycles. The molecule has 1 aliphatic rings. The number of amides is 2. The first-order valence-electron chi connectivity index (χ1n) is 7.71. The third-order valence-corrected chi connectivity index (χ3v) is 4.78. The van der Waals surface area contributed by atoms with E-state index in [0.29, 0.717) is 16.6 Å². The van der Waals surface area contributed by atoms with Crippen molar-refractivity contribution in [2.45, 2.75) is 38.6 Å². The molecule has 122 valence electrons. The zero-order chi connectivity index (χ0) is 16.2. The van der Waals surface area contributed by atoms with Crippen LogP contribution in [0.5, 0.6) is 0 Å². The van der Waals surface area contributed by atoms with Crippen LogP contribution in [0.25, 0.3) is 11.5 Å².